The molecule has 0 radical (unpaired) electrons. The van der Waals surface area contributed by atoms with Gasteiger partial charge in [0.1, 0.15) is 5.92 Å². The summed E-state index contributed by atoms with van der Waals surface area (Å²) < 4.78 is 0. The van der Waals surface area contributed by atoms with E-state index in [0.717, 1.165) is 19.3 Å². The van der Waals surface area contributed by atoms with Crippen molar-refractivity contribution in [3.63, 3.8) is 0 Å². The van der Waals surface area contributed by atoms with E-state index in [1.165, 1.54) is 4.90 Å². The van der Waals surface area contributed by atoms with Crippen molar-refractivity contribution >= 4 is 17.8 Å². The SMILES string of the molecule is CCC1CCC(N2C(=O)NC(=O)C(C(C)C)C2=O)C1C. The fourth-order valence-electron chi connectivity index (χ4n) is 3.67. The molecular formula is C15H24N2O3. The van der Waals surface area contributed by atoms with E-state index in [1.807, 2.05) is 13.8 Å². The average Bonchev–Trinajstić information content (AvgIpc) is 2.69. The Balaban J connectivity index is 2.24. The Morgan fingerprint density at radius 1 is 1.25 bits per heavy atom. The smallest absolute Gasteiger partial charge is 0.277 e. The number of hydrogen-bond acceptors (Lipinski definition) is 3. The molecule has 0 bridgehead atoms. The molecule has 20 heavy (non-hydrogen) atoms. The molecule has 0 aromatic carbocycles. The van der Waals surface area contributed by atoms with Crippen LogP contribution in [0, 0.1) is 23.7 Å². The fraction of sp³-hybridized carbons (Fsp3) is 0.800. The van der Waals surface area contributed by atoms with Crippen LogP contribution in [0.3, 0.4) is 0 Å². The lowest BCUT2D eigenvalue weighted by Gasteiger charge is -2.37. The Bertz CT molecular complexity index is 433. The van der Waals surface area contributed by atoms with Gasteiger partial charge < -0.3 is 0 Å². The van der Waals surface area contributed by atoms with Gasteiger partial charge in [-0.15, -0.1) is 0 Å². The molecular weight excluding hydrogens is 256 g/mol. The third kappa shape index (κ3) is 2.34. The number of urea groups is 1. The van der Waals surface area contributed by atoms with Crippen LogP contribution in [0.4, 0.5) is 4.79 Å². The maximum absolute atomic E-state index is 12.6. The van der Waals surface area contributed by atoms with Gasteiger partial charge in [-0.2, -0.15) is 0 Å². The summed E-state index contributed by atoms with van der Waals surface area (Å²) in [5, 5.41) is 2.35. The number of barbiturate groups is 1. The first-order chi connectivity index (χ1) is 9.38. The molecule has 1 saturated carbocycles. The molecule has 5 heteroatoms. The molecule has 0 spiro atoms. The lowest BCUT2D eigenvalue weighted by Crippen LogP contribution is -2.62. The molecule has 1 saturated heterocycles. The first-order valence-electron chi connectivity index (χ1n) is 7.56. The second kappa shape index (κ2) is 5.54. The number of amides is 4. The Hall–Kier alpha value is -1.39. The molecule has 1 N–H and O–H groups in total. The first-order valence-corrected chi connectivity index (χ1v) is 7.56. The molecule has 1 aliphatic heterocycles. The van der Waals surface area contributed by atoms with Gasteiger partial charge in [-0.3, -0.25) is 19.8 Å². The minimum atomic E-state index is -0.736. The lowest BCUT2D eigenvalue weighted by molar-refractivity contribution is -0.146. The van der Waals surface area contributed by atoms with Crippen molar-refractivity contribution in [2.24, 2.45) is 23.7 Å². The monoisotopic (exact) mass is 280 g/mol. The van der Waals surface area contributed by atoms with Gasteiger partial charge in [-0.25, -0.2) is 4.79 Å². The number of carbonyl (C=O) groups excluding carboxylic acids is 3. The predicted molar refractivity (Wildman–Crippen MR) is 74.7 cm³/mol. The van der Waals surface area contributed by atoms with Gasteiger partial charge in [0.15, 0.2) is 0 Å². The van der Waals surface area contributed by atoms with E-state index in [9.17, 15) is 14.4 Å². The zero-order valence-electron chi connectivity index (χ0n) is 12.7. The van der Waals surface area contributed by atoms with Crippen LogP contribution in [0.5, 0.6) is 0 Å². The number of rotatable bonds is 3. The van der Waals surface area contributed by atoms with Crippen molar-refractivity contribution < 1.29 is 14.4 Å². The van der Waals surface area contributed by atoms with Crippen LogP contribution in [-0.2, 0) is 9.59 Å². The molecule has 2 fully saturated rings. The van der Waals surface area contributed by atoms with E-state index in [0.29, 0.717) is 11.8 Å². The highest BCUT2D eigenvalue weighted by Gasteiger charge is 2.48. The fourth-order valence-corrected chi connectivity index (χ4v) is 3.67. The van der Waals surface area contributed by atoms with Gasteiger partial charge in [0.25, 0.3) is 0 Å². The molecule has 2 rings (SSSR count). The molecule has 0 aromatic rings. The van der Waals surface area contributed by atoms with E-state index in [2.05, 4.69) is 19.2 Å². The van der Waals surface area contributed by atoms with E-state index in [4.69, 9.17) is 0 Å². The maximum Gasteiger partial charge on any atom is 0.331 e. The highest BCUT2D eigenvalue weighted by Crippen LogP contribution is 2.38. The molecule has 112 valence electrons. The van der Waals surface area contributed by atoms with Crippen LogP contribution < -0.4 is 5.32 Å². The van der Waals surface area contributed by atoms with Crippen molar-refractivity contribution in [2.75, 3.05) is 0 Å². The highest BCUT2D eigenvalue weighted by molar-refractivity contribution is 6.16. The highest BCUT2D eigenvalue weighted by atomic mass is 16.2. The van der Waals surface area contributed by atoms with E-state index >= 15 is 0 Å². The predicted octanol–water partition coefficient (Wildman–Crippen LogP) is 2.16. The Morgan fingerprint density at radius 2 is 1.90 bits per heavy atom. The summed E-state index contributed by atoms with van der Waals surface area (Å²) in [6.45, 7) is 7.92. The lowest BCUT2D eigenvalue weighted by atomic mass is 9.89. The first kappa shape index (κ1) is 15.0. The van der Waals surface area contributed by atoms with E-state index in [1.54, 1.807) is 0 Å². The van der Waals surface area contributed by atoms with Crippen LogP contribution in [0.25, 0.3) is 0 Å². The third-order valence-electron chi connectivity index (χ3n) is 4.94. The quantitative estimate of drug-likeness (QED) is 0.806. The summed E-state index contributed by atoms with van der Waals surface area (Å²) >= 11 is 0. The topological polar surface area (TPSA) is 66.5 Å². The molecule has 2 aliphatic rings. The number of nitrogens with one attached hydrogen (secondary N) is 1. The van der Waals surface area contributed by atoms with Crippen molar-refractivity contribution in [3.8, 4) is 0 Å². The van der Waals surface area contributed by atoms with Gasteiger partial charge in [0.2, 0.25) is 11.8 Å². The summed E-state index contributed by atoms with van der Waals surface area (Å²) in [4.78, 5) is 37.8. The summed E-state index contributed by atoms with van der Waals surface area (Å²) in [5.41, 5.74) is 0. The number of hydrogen-bond donors (Lipinski definition) is 1. The van der Waals surface area contributed by atoms with Gasteiger partial charge in [0.05, 0.1) is 0 Å². The molecule has 4 amide bonds. The van der Waals surface area contributed by atoms with Crippen molar-refractivity contribution in [3.05, 3.63) is 0 Å². The summed E-state index contributed by atoms with van der Waals surface area (Å²) in [6, 6.07) is -0.604. The normalized spacial score (nSPS) is 34.9. The van der Waals surface area contributed by atoms with Gasteiger partial charge in [0, 0.05) is 6.04 Å². The van der Waals surface area contributed by atoms with E-state index < -0.39 is 17.9 Å². The molecule has 1 heterocycles. The summed E-state index contributed by atoms with van der Waals surface area (Å²) in [5.74, 6) is -0.755. The molecule has 1 aliphatic carbocycles. The van der Waals surface area contributed by atoms with Crippen molar-refractivity contribution in [2.45, 2.75) is 53.0 Å². The Morgan fingerprint density at radius 3 is 2.40 bits per heavy atom. The van der Waals surface area contributed by atoms with Gasteiger partial charge in [-0.1, -0.05) is 34.1 Å². The summed E-state index contributed by atoms with van der Waals surface area (Å²) in [6.07, 6.45) is 2.95. The van der Waals surface area contributed by atoms with Gasteiger partial charge >= 0.3 is 6.03 Å². The van der Waals surface area contributed by atoms with Crippen LogP contribution >= 0.6 is 0 Å². The summed E-state index contributed by atoms with van der Waals surface area (Å²) in [7, 11) is 0. The van der Waals surface area contributed by atoms with Crippen LogP contribution in [0.1, 0.15) is 47.0 Å². The van der Waals surface area contributed by atoms with Crippen molar-refractivity contribution in [1.82, 2.24) is 10.2 Å². The van der Waals surface area contributed by atoms with Crippen molar-refractivity contribution in [1.29, 1.82) is 0 Å². The van der Waals surface area contributed by atoms with Crippen LogP contribution in [-0.4, -0.2) is 28.8 Å². The number of nitrogens with zero attached hydrogens (tertiary/aromatic N) is 1. The standard InChI is InChI=1S/C15H24N2O3/c1-5-10-6-7-11(9(10)4)17-14(19)12(8(2)3)13(18)16-15(17)20/h8-12H,5-7H2,1-4H3,(H,16,18,20). The minimum absolute atomic E-state index is 0.0678. The third-order valence-corrected chi connectivity index (χ3v) is 4.94. The molecule has 4 unspecified atom stereocenters. The zero-order chi connectivity index (χ0) is 15.0. The second-order valence-corrected chi connectivity index (χ2v) is 6.40. The van der Waals surface area contributed by atoms with Crippen LogP contribution in [0.2, 0.25) is 0 Å². The maximum atomic E-state index is 12.6. The second-order valence-electron chi connectivity index (χ2n) is 6.40. The average molecular weight is 280 g/mol. The molecule has 4 atom stereocenters. The number of imide groups is 2. The van der Waals surface area contributed by atoms with E-state index in [-0.39, 0.29) is 17.9 Å². The largest absolute Gasteiger partial charge is 0.331 e. The van der Waals surface area contributed by atoms with Gasteiger partial charge in [-0.05, 0) is 30.6 Å². The Labute approximate surface area is 120 Å². The van der Waals surface area contributed by atoms with Crippen LogP contribution in [0.15, 0.2) is 0 Å². The zero-order valence-corrected chi connectivity index (χ0v) is 12.7. The molecule has 5 nitrogen and oxygen atoms in total. The number of carbonyl (C=O) groups is 3. The molecule has 0 aromatic heterocycles. The Kier molecular flexibility index (Phi) is 4.16. The minimum Gasteiger partial charge on any atom is -0.277 e.